The van der Waals surface area contributed by atoms with E-state index >= 15 is 0 Å². The van der Waals surface area contributed by atoms with Crippen LogP contribution in [-0.2, 0) is 22.7 Å². The van der Waals surface area contributed by atoms with E-state index in [0.29, 0.717) is 25.1 Å². The largest absolute Gasteiger partial charge is 0.597 e. The van der Waals surface area contributed by atoms with Gasteiger partial charge < -0.3 is 9.87 Å². The van der Waals surface area contributed by atoms with E-state index in [1.807, 2.05) is 38.9 Å². The summed E-state index contributed by atoms with van der Waals surface area (Å²) >= 11 is -1.15. The van der Waals surface area contributed by atoms with Gasteiger partial charge in [-0.15, -0.1) is 4.31 Å². The summed E-state index contributed by atoms with van der Waals surface area (Å²) in [5.41, 5.74) is 1.65. The van der Waals surface area contributed by atoms with Crippen LogP contribution in [-0.4, -0.2) is 45.4 Å². The van der Waals surface area contributed by atoms with Gasteiger partial charge in [0, 0.05) is 37.1 Å². The molecule has 0 aliphatic rings. The third-order valence-electron chi connectivity index (χ3n) is 4.16. The van der Waals surface area contributed by atoms with Gasteiger partial charge in [0.2, 0.25) is 0 Å². The molecule has 1 atom stereocenters. The van der Waals surface area contributed by atoms with Crippen LogP contribution >= 0.6 is 0 Å². The van der Waals surface area contributed by atoms with Crippen molar-refractivity contribution >= 4 is 23.0 Å². The van der Waals surface area contributed by atoms with Gasteiger partial charge in [-0.25, -0.2) is 4.39 Å². The first-order chi connectivity index (χ1) is 13.1. The number of likely N-dealkylation sites (N-methyl/N-ethyl adjacent to an activating group) is 1. The zero-order chi connectivity index (χ0) is 21.3. The zero-order valence-corrected chi connectivity index (χ0v) is 18.5. The summed E-state index contributed by atoms with van der Waals surface area (Å²) in [4.78, 5) is 16.6. The highest BCUT2D eigenvalue weighted by Gasteiger charge is 2.32. The number of hydrogen-bond donors (Lipinski definition) is 1. The van der Waals surface area contributed by atoms with Crippen molar-refractivity contribution in [3.05, 3.63) is 47.3 Å². The normalized spacial score (nSPS) is 14.3. The molecule has 0 fully saturated rings. The molecular weight excluding hydrogens is 377 g/mol. The van der Waals surface area contributed by atoms with Crippen molar-refractivity contribution in [1.82, 2.24) is 9.62 Å². The van der Waals surface area contributed by atoms with Crippen LogP contribution in [0.4, 0.5) is 4.39 Å². The fourth-order valence-corrected chi connectivity index (χ4v) is 3.79. The van der Waals surface area contributed by atoms with E-state index in [0.717, 1.165) is 5.57 Å². The molecule has 1 rings (SSSR count). The second-order valence-corrected chi connectivity index (χ2v) is 9.60. The Morgan fingerprint density at radius 2 is 1.96 bits per heavy atom. The third-order valence-corrected chi connectivity index (χ3v) is 6.06. The number of carbonyl (C=O) groups excluding carboxylic acids is 1. The number of hydrogen-bond acceptors (Lipinski definition) is 4. The number of amides is 1. The molecule has 28 heavy (non-hydrogen) atoms. The molecule has 156 valence electrons. The van der Waals surface area contributed by atoms with Crippen LogP contribution in [0.15, 0.2) is 40.9 Å². The molecule has 0 saturated heterocycles. The molecule has 1 N–H and O–H groups in total. The van der Waals surface area contributed by atoms with Gasteiger partial charge >= 0.3 is 0 Å². The number of halogens is 1. The fraction of sp³-hybridized carbons (Fsp3) is 0.524. The van der Waals surface area contributed by atoms with E-state index in [2.05, 4.69) is 10.3 Å². The predicted octanol–water partition coefficient (Wildman–Crippen LogP) is 3.63. The molecule has 1 amide bonds. The van der Waals surface area contributed by atoms with Crippen LogP contribution in [0, 0.1) is 5.82 Å². The van der Waals surface area contributed by atoms with Crippen molar-refractivity contribution in [1.29, 1.82) is 0 Å². The molecule has 0 spiro atoms. The highest BCUT2D eigenvalue weighted by atomic mass is 32.2. The Hall–Kier alpha value is -1.70. The number of nitrogens with one attached hydrogen (secondary N) is 1. The Labute approximate surface area is 171 Å². The molecule has 0 bridgehead atoms. The maximum absolute atomic E-state index is 13.7. The third kappa shape index (κ3) is 7.37. The highest BCUT2D eigenvalue weighted by Crippen LogP contribution is 2.21. The summed E-state index contributed by atoms with van der Waals surface area (Å²) in [5, 5.41) is 2.71. The van der Waals surface area contributed by atoms with Crippen LogP contribution in [0.1, 0.15) is 46.6 Å². The van der Waals surface area contributed by atoms with Crippen LogP contribution < -0.4 is 5.32 Å². The van der Waals surface area contributed by atoms with Crippen LogP contribution in [0.5, 0.6) is 0 Å². The quantitative estimate of drug-likeness (QED) is 0.500. The molecule has 0 heterocycles. The molecule has 0 aromatic heterocycles. The van der Waals surface area contributed by atoms with Gasteiger partial charge in [0.25, 0.3) is 5.91 Å². The number of rotatable bonds is 9. The maximum Gasteiger partial charge on any atom is 0.269 e. The van der Waals surface area contributed by atoms with Gasteiger partial charge in [-0.1, -0.05) is 25.1 Å². The molecule has 1 aromatic rings. The van der Waals surface area contributed by atoms with Crippen LogP contribution in [0.25, 0.3) is 0 Å². The lowest BCUT2D eigenvalue weighted by molar-refractivity contribution is -0.114. The van der Waals surface area contributed by atoms with Gasteiger partial charge in [0.05, 0.1) is 6.54 Å². The summed E-state index contributed by atoms with van der Waals surface area (Å²) < 4.78 is 27.9. The van der Waals surface area contributed by atoms with Crippen LogP contribution in [0.2, 0.25) is 0 Å². The fourth-order valence-electron chi connectivity index (χ4n) is 2.49. The van der Waals surface area contributed by atoms with Crippen LogP contribution in [0.3, 0.4) is 0 Å². The van der Waals surface area contributed by atoms with Crippen molar-refractivity contribution in [2.75, 3.05) is 20.1 Å². The summed E-state index contributed by atoms with van der Waals surface area (Å²) in [6.45, 7) is 11.0. The molecule has 7 heteroatoms. The smallest absolute Gasteiger partial charge is 0.269 e. The standard InChI is InChI=1S/C21H32FN3O2S/c1-7-16(15-25(8-2)28(27)21(3,4)5)13-19(23-6)20(26)24-14-17-11-9-10-12-18(17)22/h9-13H,7-8,14-15H2,1-6H3,(H,24,26)/b16-13+,23-19?. The van der Waals surface area contributed by atoms with Gasteiger partial charge in [-0.3, -0.25) is 9.79 Å². The molecule has 0 aliphatic heterocycles. The average Bonchev–Trinajstić information content (AvgIpc) is 2.66. The second-order valence-electron chi connectivity index (χ2n) is 7.36. The van der Waals surface area contributed by atoms with Gasteiger partial charge in [0.15, 0.2) is 0 Å². The Bertz CT molecular complexity index is 714. The van der Waals surface area contributed by atoms with Crippen molar-refractivity contribution in [2.24, 2.45) is 4.99 Å². The number of carbonyl (C=O) groups is 1. The van der Waals surface area contributed by atoms with Crippen molar-refractivity contribution in [3.8, 4) is 0 Å². The van der Waals surface area contributed by atoms with Gasteiger partial charge in [-0.05, 0) is 51.8 Å². The zero-order valence-electron chi connectivity index (χ0n) is 17.7. The van der Waals surface area contributed by atoms with E-state index in [1.54, 1.807) is 31.3 Å². The Morgan fingerprint density at radius 3 is 2.46 bits per heavy atom. The highest BCUT2D eigenvalue weighted by molar-refractivity contribution is 7.90. The number of aliphatic imine (C=N–C) groups is 1. The molecule has 5 nitrogen and oxygen atoms in total. The lowest BCUT2D eigenvalue weighted by Crippen LogP contribution is -2.43. The van der Waals surface area contributed by atoms with E-state index in [1.165, 1.54) is 6.07 Å². The first-order valence-electron chi connectivity index (χ1n) is 9.48. The molecular formula is C21H32FN3O2S. The number of nitrogens with zero attached hydrogens (tertiary/aromatic N) is 2. The number of benzene rings is 1. The average molecular weight is 410 g/mol. The second kappa shape index (κ2) is 11.3. The molecule has 1 aromatic carbocycles. The van der Waals surface area contributed by atoms with E-state index < -0.39 is 11.4 Å². The predicted molar refractivity (Wildman–Crippen MR) is 115 cm³/mol. The summed E-state index contributed by atoms with van der Waals surface area (Å²) in [6.07, 6.45) is 2.44. The first kappa shape index (κ1) is 24.3. The minimum Gasteiger partial charge on any atom is -0.597 e. The first-order valence-corrected chi connectivity index (χ1v) is 10.6. The minimum atomic E-state index is -1.15. The Morgan fingerprint density at radius 1 is 1.32 bits per heavy atom. The van der Waals surface area contributed by atoms with Gasteiger partial charge in [-0.2, -0.15) is 0 Å². The summed E-state index contributed by atoms with van der Waals surface area (Å²) in [5.74, 6) is -0.720. The van der Waals surface area contributed by atoms with E-state index in [9.17, 15) is 13.7 Å². The molecule has 0 aliphatic carbocycles. The summed E-state index contributed by atoms with van der Waals surface area (Å²) in [6, 6.07) is 6.33. The SMILES string of the molecule is CC/C(=C\C(=NC)C(=O)NCc1ccccc1F)CN(CC)[S+]([O-])C(C)(C)C. The van der Waals surface area contributed by atoms with E-state index in [4.69, 9.17) is 0 Å². The summed E-state index contributed by atoms with van der Waals surface area (Å²) in [7, 11) is 1.55. The Balaban J connectivity index is 2.86. The minimum absolute atomic E-state index is 0.0922. The lowest BCUT2D eigenvalue weighted by Gasteiger charge is -2.32. The van der Waals surface area contributed by atoms with Crippen molar-refractivity contribution < 1.29 is 13.7 Å². The molecule has 1 unspecified atom stereocenters. The monoisotopic (exact) mass is 409 g/mol. The lowest BCUT2D eigenvalue weighted by atomic mass is 10.1. The van der Waals surface area contributed by atoms with Crippen molar-refractivity contribution in [2.45, 2.75) is 52.3 Å². The molecule has 0 saturated carbocycles. The maximum atomic E-state index is 13.7. The topological polar surface area (TPSA) is 67.8 Å². The Kier molecular flexibility index (Phi) is 9.85. The van der Waals surface area contributed by atoms with E-state index in [-0.39, 0.29) is 28.7 Å². The van der Waals surface area contributed by atoms with Gasteiger partial charge in [0.1, 0.15) is 16.3 Å². The van der Waals surface area contributed by atoms with Crippen molar-refractivity contribution in [3.63, 3.8) is 0 Å². The molecule has 0 radical (unpaired) electrons.